The number of aliphatic carboxylic acids is 6. The van der Waals surface area contributed by atoms with Gasteiger partial charge in [-0.25, -0.2) is 9.59 Å². The normalized spacial score (nSPS) is 18.8. The molecule has 87 heavy (non-hydrogen) atoms. The highest BCUT2D eigenvalue weighted by Crippen LogP contribution is 2.44. The first-order valence-electron chi connectivity index (χ1n) is 28.2. The number of carboxylic acids is 6. The average Bonchev–Trinajstić information content (AvgIpc) is 1.78. The number of urea groups is 2. The molecule has 0 radical (unpaired) electrons. The molecule has 31 heteroatoms. The number of nitrogens with two attached hydrogens (primary N) is 2. The zero-order chi connectivity index (χ0) is 65.1. The Morgan fingerprint density at radius 2 is 0.816 bits per heavy atom. The van der Waals surface area contributed by atoms with E-state index in [9.17, 15) is 58.5 Å². The van der Waals surface area contributed by atoms with E-state index in [2.05, 4.69) is 46.7 Å². The fourth-order valence-electron chi connectivity index (χ4n) is 10.4. The van der Waals surface area contributed by atoms with Gasteiger partial charge in [0, 0.05) is 74.2 Å². The van der Waals surface area contributed by atoms with Gasteiger partial charge in [-0.05, 0) is 117 Å². The van der Waals surface area contributed by atoms with Crippen LogP contribution >= 0.6 is 22.7 Å². The molecular weight excluding hydrogens is 1180 g/mol. The fourth-order valence-corrected chi connectivity index (χ4v) is 12.6. The number of nitrogens with zero attached hydrogens (tertiary/aromatic N) is 8. The van der Waals surface area contributed by atoms with Crippen LogP contribution in [0.2, 0.25) is 0 Å². The van der Waals surface area contributed by atoms with Crippen LogP contribution < -0.4 is 22.1 Å². The molecule has 4 heterocycles. The summed E-state index contributed by atoms with van der Waals surface area (Å²) >= 11 is 3.06. The van der Waals surface area contributed by atoms with E-state index in [0.29, 0.717) is 72.5 Å². The van der Waals surface area contributed by atoms with Gasteiger partial charge in [0.05, 0.1) is 61.5 Å². The van der Waals surface area contributed by atoms with Gasteiger partial charge < -0.3 is 77.8 Å². The van der Waals surface area contributed by atoms with Crippen molar-refractivity contribution in [2.45, 2.75) is 116 Å². The molecule has 3 unspecified atom stereocenters. The maximum atomic E-state index is 13.4. The van der Waals surface area contributed by atoms with Crippen LogP contribution in [0.25, 0.3) is 0 Å². The Bertz CT molecular complexity index is 2510. The molecule has 29 nitrogen and oxygen atoms in total. The molecule has 14 N–H and O–H groups in total. The molecule has 4 aliphatic rings. The van der Waals surface area contributed by atoms with E-state index in [0.717, 1.165) is 75.6 Å². The quantitative estimate of drug-likeness (QED) is 0.0858. The molecule has 2 aromatic heterocycles. The van der Waals surface area contributed by atoms with Crippen molar-refractivity contribution in [1.82, 2.24) is 40.0 Å². The highest BCUT2D eigenvalue weighted by Gasteiger charge is 2.45. The van der Waals surface area contributed by atoms with Crippen LogP contribution in [0.4, 0.5) is 19.6 Å². The molecule has 6 atom stereocenters. The number of nitriles is 2. The molecule has 2 aliphatic heterocycles. The van der Waals surface area contributed by atoms with Gasteiger partial charge in [-0.3, -0.25) is 48.2 Å². The summed E-state index contributed by atoms with van der Waals surface area (Å²) in [6.07, 6.45) is 4.43. The van der Waals surface area contributed by atoms with Crippen LogP contribution in [0.5, 0.6) is 0 Å². The third kappa shape index (κ3) is 25.8. The summed E-state index contributed by atoms with van der Waals surface area (Å²) in [5, 5.41) is 73.4. The highest BCUT2D eigenvalue weighted by molar-refractivity contribution is 7.16. The number of nitrogen functional groups attached to an aromatic ring is 2. The van der Waals surface area contributed by atoms with E-state index in [4.69, 9.17) is 42.1 Å². The minimum atomic E-state index is -1.08. The lowest BCUT2D eigenvalue weighted by Crippen LogP contribution is -2.55. The van der Waals surface area contributed by atoms with E-state index in [-0.39, 0.29) is 91.5 Å². The molecule has 0 saturated carbocycles. The summed E-state index contributed by atoms with van der Waals surface area (Å²) in [6, 6.07) is 4.60. The van der Waals surface area contributed by atoms with Crippen molar-refractivity contribution < 1.29 is 84.1 Å². The lowest BCUT2D eigenvalue weighted by molar-refractivity contribution is -0.143. The number of likely N-dealkylation sites (tertiary alicyclic amines) is 2. The molecule has 2 aliphatic carbocycles. The number of likely N-dealkylation sites (N-methyl/N-ethyl adjacent to an activating group) is 4. The van der Waals surface area contributed by atoms with Crippen LogP contribution in [-0.2, 0) is 64.0 Å². The minimum absolute atomic E-state index is 0. The molecule has 486 valence electrons. The Labute approximate surface area is 514 Å². The Kier molecular flexibility index (Phi) is 34.4. The van der Waals surface area contributed by atoms with Gasteiger partial charge in [-0.15, -0.1) is 22.7 Å². The molecule has 0 bridgehead atoms. The molecule has 2 fully saturated rings. The van der Waals surface area contributed by atoms with Gasteiger partial charge in [0.25, 0.3) is 0 Å². The topological polar surface area (TPSA) is 467 Å². The van der Waals surface area contributed by atoms with Crippen molar-refractivity contribution in [1.29, 1.82) is 10.5 Å². The van der Waals surface area contributed by atoms with Gasteiger partial charge in [0.1, 0.15) is 22.1 Å². The Morgan fingerprint density at radius 1 is 0.529 bits per heavy atom. The first-order valence-corrected chi connectivity index (χ1v) is 29.8. The lowest BCUT2D eigenvalue weighted by atomic mass is 9.74. The number of thiophene rings is 2. The van der Waals surface area contributed by atoms with Crippen LogP contribution in [0.15, 0.2) is 0 Å². The van der Waals surface area contributed by atoms with Crippen molar-refractivity contribution in [2.75, 3.05) is 106 Å². The SMILES string of the molecule is CCCN(C(=O)NCCN(C)C)C(=O)C1CC2Cc3c(sc(N)c3C#N)CC2N(C)C1.CCCN(C(=O)NCCN(C)C)C(=O)[C@@H]1C[C@@H]2Cc3c(sc(N)c3C#N)C[C@H]2N(C)C1.O.O=C(O)CCC(=O)O.O=C(O)CCC(=O)O.O=C(O)CCC(=O)O. The molecule has 6 amide bonds. The van der Waals surface area contributed by atoms with E-state index in [1.165, 1.54) is 42.2 Å². The molecule has 0 aromatic carbocycles. The van der Waals surface area contributed by atoms with Gasteiger partial charge in [0.15, 0.2) is 0 Å². The number of fused-ring (bicyclic) bond motifs is 4. The molecule has 6 rings (SSSR count). The largest absolute Gasteiger partial charge is 0.481 e. The van der Waals surface area contributed by atoms with E-state index in [1.54, 1.807) is 0 Å². The number of carboxylic acid groups (broad SMARTS) is 6. The Balaban J connectivity index is 0.000000628. The van der Waals surface area contributed by atoms with Crippen LogP contribution in [-0.4, -0.2) is 232 Å². The van der Waals surface area contributed by atoms with Crippen molar-refractivity contribution in [2.24, 2.45) is 23.7 Å². The van der Waals surface area contributed by atoms with Gasteiger partial charge >= 0.3 is 47.9 Å². The van der Waals surface area contributed by atoms with Crippen LogP contribution in [0.1, 0.15) is 110 Å². The number of imide groups is 2. The number of carbonyl (C=O) groups is 10. The predicted molar refractivity (Wildman–Crippen MR) is 323 cm³/mol. The predicted octanol–water partition coefficient (Wildman–Crippen LogP) is 2.48. The summed E-state index contributed by atoms with van der Waals surface area (Å²) in [7, 11) is 11.9. The third-order valence-electron chi connectivity index (χ3n) is 14.5. The summed E-state index contributed by atoms with van der Waals surface area (Å²) in [6.45, 7) is 8.55. The average molecular weight is 1270 g/mol. The zero-order valence-electron chi connectivity index (χ0n) is 50.8. The number of anilines is 2. The van der Waals surface area contributed by atoms with Crippen LogP contribution in [0, 0.1) is 46.3 Å². The maximum Gasteiger partial charge on any atom is 0.324 e. The summed E-state index contributed by atoms with van der Waals surface area (Å²) in [4.78, 5) is 124. The van der Waals surface area contributed by atoms with Crippen molar-refractivity contribution in [3.63, 3.8) is 0 Å². The van der Waals surface area contributed by atoms with Gasteiger partial charge in [-0.1, -0.05) is 13.8 Å². The van der Waals surface area contributed by atoms with Gasteiger partial charge in [0.2, 0.25) is 11.8 Å². The summed E-state index contributed by atoms with van der Waals surface area (Å²) < 4.78 is 0. The maximum absolute atomic E-state index is 13.4. The second kappa shape index (κ2) is 38.6. The van der Waals surface area contributed by atoms with Crippen molar-refractivity contribution in [3.8, 4) is 12.1 Å². The fraction of sp³-hybridized carbons (Fsp3) is 0.643. The standard InChI is InChI=1S/2C22H34N6O2S.3C4H6O4.H2O/c2*1-5-7-28(22(30)25-6-8-26(2)3)21(29)15-9-14-10-16-17(12-23)20(24)31-19(16)11-18(14)27(4)13-15;3*5-3(6)1-2-4(7)8;/h2*14-15,18H,5-11,13,24H2,1-4H3,(H,25,30);3*1-2H2,(H,5,6)(H,7,8);1H2/t14-,15-,18-;;;;;/m1...../s1. The molecule has 2 aromatic rings. The Morgan fingerprint density at radius 3 is 1.06 bits per heavy atom. The zero-order valence-corrected chi connectivity index (χ0v) is 52.5. The van der Waals surface area contributed by atoms with Crippen molar-refractivity contribution >= 4 is 92.4 Å². The number of piperidine rings is 2. The lowest BCUT2D eigenvalue weighted by Gasteiger charge is -2.45. The van der Waals surface area contributed by atoms with E-state index < -0.39 is 35.8 Å². The number of amides is 6. The summed E-state index contributed by atoms with van der Waals surface area (Å²) in [5.74, 6) is -6.53. The number of nitrogens with one attached hydrogen (secondary N) is 2. The first-order chi connectivity index (χ1) is 40.4. The molecule has 2 saturated heterocycles. The van der Waals surface area contributed by atoms with E-state index in [1.807, 2.05) is 51.8 Å². The van der Waals surface area contributed by atoms with E-state index >= 15 is 0 Å². The number of carbonyl (C=O) groups excluding carboxylic acids is 4. The smallest absolute Gasteiger partial charge is 0.324 e. The Hall–Kier alpha value is -7.52. The monoisotopic (exact) mass is 1260 g/mol. The third-order valence-corrected chi connectivity index (χ3v) is 16.7. The number of hydrogen-bond acceptors (Lipinski definition) is 20. The highest BCUT2D eigenvalue weighted by atomic mass is 32.1. The second-order valence-electron chi connectivity index (χ2n) is 21.8. The van der Waals surface area contributed by atoms with Crippen LogP contribution in [0.3, 0.4) is 0 Å². The second-order valence-corrected chi connectivity index (χ2v) is 24.1. The molecular formula is C56H88N12O17S2. The molecule has 0 spiro atoms. The summed E-state index contributed by atoms with van der Waals surface area (Å²) in [5.41, 5.74) is 15.5. The minimum Gasteiger partial charge on any atom is -0.481 e. The van der Waals surface area contributed by atoms with Crippen molar-refractivity contribution in [3.05, 3.63) is 32.0 Å². The van der Waals surface area contributed by atoms with Gasteiger partial charge in [-0.2, -0.15) is 10.5 Å². The number of hydrogen-bond donors (Lipinski definition) is 10. The number of rotatable bonds is 21. The first kappa shape index (κ1) is 77.5.